The maximum atomic E-state index is 12.6. The Hall–Kier alpha value is -1.54. The van der Waals surface area contributed by atoms with Gasteiger partial charge in [0, 0.05) is 41.7 Å². The first-order valence-electron chi connectivity index (χ1n) is 9.16. The Labute approximate surface area is 175 Å². The van der Waals surface area contributed by atoms with Crippen molar-refractivity contribution in [3.05, 3.63) is 58.6 Å². The van der Waals surface area contributed by atoms with Crippen LogP contribution in [-0.2, 0) is 27.0 Å². The predicted molar refractivity (Wildman–Crippen MR) is 116 cm³/mol. The highest BCUT2D eigenvalue weighted by Crippen LogP contribution is 2.30. The number of carbonyl (C=O) groups excluding carboxylic acids is 1. The summed E-state index contributed by atoms with van der Waals surface area (Å²) in [6.45, 7) is 2.80. The summed E-state index contributed by atoms with van der Waals surface area (Å²) in [6, 6.07) is 12.6. The molecule has 0 aliphatic carbocycles. The van der Waals surface area contributed by atoms with Crippen LogP contribution in [-0.4, -0.2) is 33.2 Å². The van der Waals surface area contributed by atoms with Gasteiger partial charge in [0.2, 0.25) is 15.9 Å². The maximum Gasteiger partial charge on any atom is 0.240 e. The first-order valence-corrected chi connectivity index (χ1v) is 12.2. The van der Waals surface area contributed by atoms with Gasteiger partial charge in [-0.1, -0.05) is 30.7 Å². The van der Waals surface area contributed by atoms with E-state index in [1.54, 1.807) is 34.9 Å². The van der Waals surface area contributed by atoms with Gasteiger partial charge in [-0.3, -0.25) is 4.79 Å². The van der Waals surface area contributed by atoms with Gasteiger partial charge in [-0.2, -0.15) is 11.8 Å². The lowest BCUT2D eigenvalue weighted by Crippen LogP contribution is -2.28. The van der Waals surface area contributed by atoms with Crippen molar-refractivity contribution >= 4 is 45.0 Å². The molecule has 0 aromatic heterocycles. The highest BCUT2D eigenvalue weighted by molar-refractivity contribution is 7.98. The number of rotatable bonds is 8. The summed E-state index contributed by atoms with van der Waals surface area (Å²) in [5, 5.41) is 0.707. The molecule has 0 spiro atoms. The Morgan fingerprint density at radius 2 is 1.96 bits per heavy atom. The lowest BCUT2D eigenvalue weighted by molar-refractivity contribution is -0.118. The quantitative estimate of drug-likeness (QED) is 0.635. The Bertz CT molecular complexity index is 946. The molecule has 0 bridgehead atoms. The van der Waals surface area contributed by atoms with E-state index in [-0.39, 0.29) is 10.8 Å². The van der Waals surface area contributed by atoms with Gasteiger partial charge in [0.1, 0.15) is 0 Å². The Morgan fingerprint density at radius 3 is 2.68 bits per heavy atom. The molecule has 3 rings (SSSR count). The van der Waals surface area contributed by atoms with E-state index in [1.807, 2.05) is 31.2 Å². The van der Waals surface area contributed by atoms with Gasteiger partial charge in [0.25, 0.3) is 0 Å². The van der Waals surface area contributed by atoms with Crippen LogP contribution in [0, 0.1) is 0 Å². The number of carbonyl (C=O) groups is 1. The molecule has 0 saturated carbocycles. The van der Waals surface area contributed by atoms with Crippen molar-refractivity contribution in [1.29, 1.82) is 0 Å². The number of benzene rings is 2. The van der Waals surface area contributed by atoms with Crippen molar-refractivity contribution in [2.75, 3.05) is 23.7 Å². The number of nitrogens with zero attached hydrogens (tertiary/aromatic N) is 1. The molecule has 1 aliphatic heterocycles. The molecular weight excluding hydrogens is 416 g/mol. The minimum absolute atomic E-state index is 0.0604. The molecule has 1 heterocycles. The van der Waals surface area contributed by atoms with Gasteiger partial charge in [0.05, 0.1) is 4.90 Å². The Kier molecular flexibility index (Phi) is 7.04. The number of anilines is 1. The standard InChI is InChI=1S/C20H23ClN2O3S2/c1-2-20(24)23-11-9-16-13-18(7-8-19(16)23)28(25,26)22-10-12-27-14-15-3-5-17(21)6-4-15/h3-8,13,22H,2,9-12,14H2,1H3. The zero-order valence-corrected chi connectivity index (χ0v) is 18.0. The third kappa shape index (κ3) is 5.08. The minimum Gasteiger partial charge on any atom is -0.312 e. The van der Waals surface area contributed by atoms with E-state index in [0.717, 1.165) is 22.6 Å². The van der Waals surface area contributed by atoms with Crippen LogP contribution in [0.1, 0.15) is 24.5 Å². The molecule has 1 N–H and O–H groups in total. The van der Waals surface area contributed by atoms with E-state index in [0.29, 0.717) is 36.7 Å². The first kappa shape index (κ1) is 21.2. The summed E-state index contributed by atoms with van der Waals surface area (Å²) >= 11 is 7.53. The lowest BCUT2D eigenvalue weighted by atomic mass is 10.2. The van der Waals surface area contributed by atoms with Crippen LogP contribution in [0.15, 0.2) is 47.4 Å². The summed E-state index contributed by atoms with van der Waals surface area (Å²) in [7, 11) is -3.56. The van der Waals surface area contributed by atoms with Crippen LogP contribution in [0.3, 0.4) is 0 Å². The lowest BCUT2D eigenvalue weighted by Gasteiger charge is -2.16. The highest BCUT2D eigenvalue weighted by Gasteiger charge is 2.25. The smallest absolute Gasteiger partial charge is 0.240 e. The highest BCUT2D eigenvalue weighted by atomic mass is 35.5. The van der Waals surface area contributed by atoms with E-state index in [9.17, 15) is 13.2 Å². The van der Waals surface area contributed by atoms with E-state index in [4.69, 9.17) is 11.6 Å². The monoisotopic (exact) mass is 438 g/mol. The summed E-state index contributed by atoms with van der Waals surface area (Å²) in [6.07, 6.45) is 1.12. The Morgan fingerprint density at radius 1 is 1.21 bits per heavy atom. The van der Waals surface area contributed by atoms with Crippen LogP contribution in [0.2, 0.25) is 5.02 Å². The number of amides is 1. The third-order valence-electron chi connectivity index (χ3n) is 4.58. The van der Waals surface area contributed by atoms with Gasteiger partial charge in [-0.05, 0) is 47.9 Å². The van der Waals surface area contributed by atoms with Crippen molar-refractivity contribution in [2.24, 2.45) is 0 Å². The van der Waals surface area contributed by atoms with Crippen LogP contribution >= 0.6 is 23.4 Å². The van der Waals surface area contributed by atoms with Crippen LogP contribution in [0.25, 0.3) is 0 Å². The maximum absolute atomic E-state index is 12.6. The normalized spacial score (nSPS) is 13.6. The van der Waals surface area contributed by atoms with Crippen LogP contribution in [0.4, 0.5) is 5.69 Å². The zero-order chi connectivity index (χ0) is 20.1. The second-order valence-electron chi connectivity index (χ2n) is 6.52. The molecule has 1 amide bonds. The van der Waals surface area contributed by atoms with Gasteiger partial charge in [-0.15, -0.1) is 0 Å². The molecule has 0 saturated heterocycles. The molecule has 0 fully saturated rings. The molecule has 2 aromatic rings. The number of hydrogen-bond donors (Lipinski definition) is 1. The summed E-state index contributed by atoms with van der Waals surface area (Å²) in [4.78, 5) is 13.9. The van der Waals surface area contributed by atoms with E-state index in [2.05, 4.69) is 4.72 Å². The average molecular weight is 439 g/mol. The van der Waals surface area contributed by atoms with Gasteiger partial charge in [0.15, 0.2) is 0 Å². The fourth-order valence-electron chi connectivity index (χ4n) is 3.10. The summed E-state index contributed by atoms with van der Waals surface area (Å²) < 4.78 is 27.8. The zero-order valence-electron chi connectivity index (χ0n) is 15.7. The SMILES string of the molecule is CCC(=O)N1CCc2cc(S(=O)(=O)NCCSCc3ccc(Cl)cc3)ccc21. The molecular formula is C20H23ClN2O3S2. The molecule has 2 aromatic carbocycles. The topological polar surface area (TPSA) is 66.5 Å². The fourth-order valence-corrected chi connectivity index (χ4v) is 5.25. The number of nitrogens with one attached hydrogen (secondary N) is 1. The summed E-state index contributed by atoms with van der Waals surface area (Å²) in [5.41, 5.74) is 2.88. The molecule has 0 radical (unpaired) electrons. The Balaban J connectivity index is 1.53. The molecule has 8 heteroatoms. The number of halogens is 1. The number of thioether (sulfide) groups is 1. The molecule has 150 valence electrons. The second-order valence-corrected chi connectivity index (χ2v) is 9.82. The van der Waals surface area contributed by atoms with Crippen LogP contribution in [0.5, 0.6) is 0 Å². The minimum atomic E-state index is -3.56. The van der Waals surface area contributed by atoms with Crippen LogP contribution < -0.4 is 9.62 Å². The van der Waals surface area contributed by atoms with Gasteiger partial charge < -0.3 is 4.90 Å². The third-order valence-corrected chi connectivity index (χ3v) is 7.32. The molecule has 1 aliphatic rings. The van der Waals surface area contributed by atoms with E-state index < -0.39 is 10.0 Å². The van der Waals surface area contributed by atoms with Gasteiger partial charge >= 0.3 is 0 Å². The number of sulfonamides is 1. The molecule has 0 atom stereocenters. The predicted octanol–water partition coefficient (Wildman–Crippen LogP) is 3.85. The van der Waals surface area contributed by atoms with Crippen molar-refractivity contribution < 1.29 is 13.2 Å². The largest absolute Gasteiger partial charge is 0.312 e. The van der Waals surface area contributed by atoms with E-state index >= 15 is 0 Å². The fraction of sp³-hybridized carbons (Fsp3) is 0.350. The van der Waals surface area contributed by atoms with Crippen molar-refractivity contribution in [2.45, 2.75) is 30.4 Å². The van der Waals surface area contributed by atoms with E-state index in [1.165, 1.54) is 0 Å². The molecule has 28 heavy (non-hydrogen) atoms. The van der Waals surface area contributed by atoms with Crippen molar-refractivity contribution in [1.82, 2.24) is 4.72 Å². The second kappa shape index (κ2) is 9.31. The average Bonchev–Trinajstić information content (AvgIpc) is 3.12. The molecule has 5 nitrogen and oxygen atoms in total. The number of fused-ring (bicyclic) bond motifs is 1. The first-order chi connectivity index (χ1) is 13.4. The van der Waals surface area contributed by atoms with Crippen molar-refractivity contribution in [3.63, 3.8) is 0 Å². The number of hydrogen-bond acceptors (Lipinski definition) is 4. The molecule has 0 unspecified atom stereocenters. The van der Waals surface area contributed by atoms with Gasteiger partial charge in [-0.25, -0.2) is 13.1 Å². The summed E-state index contributed by atoms with van der Waals surface area (Å²) in [5.74, 6) is 1.54. The van der Waals surface area contributed by atoms with Crippen molar-refractivity contribution in [3.8, 4) is 0 Å².